The van der Waals surface area contributed by atoms with Gasteiger partial charge in [-0.15, -0.1) is 0 Å². The van der Waals surface area contributed by atoms with E-state index in [4.69, 9.17) is 15.9 Å². The molecule has 2 unspecified atom stereocenters. The van der Waals surface area contributed by atoms with Crippen LogP contribution in [0, 0.1) is 5.41 Å². The minimum absolute atomic E-state index is 0.0693. The molecule has 2 aliphatic rings. The largest absolute Gasteiger partial charge is 0.497 e. The third-order valence-electron chi connectivity index (χ3n) is 5.69. The topological polar surface area (TPSA) is 82.6 Å². The molecule has 2 aliphatic heterocycles. The highest BCUT2D eigenvalue weighted by molar-refractivity contribution is 6.45. The Morgan fingerprint density at radius 3 is 2.54 bits per heavy atom. The summed E-state index contributed by atoms with van der Waals surface area (Å²) in [6, 6.07) is 6.36. The molecular weight excluding hydrogens is 304 g/mol. The number of hydrogen-bond acceptors (Lipinski definition) is 5. The maximum atomic E-state index is 12.8. The molecule has 6 nitrogen and oxygen atoms in total. The number of fused-ring (bicyclic) bond motifs is 2. The zero-order chi connectivity index (χ0) is 17.4. The van der Waals surface area contributed by atoms with E-state index in [1.165, 1.54) is 12.8 Å². The van der Waals surface area contributed by atoms with Crippen LogP contribution in [0.2, 0.25) is 0 Å². The highest BCUT2D eigenvalue weighted by Crippen LogP contribution is 2.36. The van der Waals surface area contributed by atoms with Crippen LogP contribution in [-0.2, 0) is 4.79 Å². The Morgan fingerprint density at radius 1 is 1.33 bits per heavy atom. The Morgan fingerprint density at radius 2 is 1.96 bits per heavy atom. The number of benzene rings is 1. The number of carbonyl (C=O) groups excluding carboxylic acids is 1. The van der Waals surface area contributed by atoms with Gasteiger partial charge in [-0.2, -0.15) is 0 Å². The van der Waals surface area contributed by atoms with Gasteiger partial charge in [0.05, 0.1) is 7.11 Å². The number of ether oxygens (including phenoxy) is 1. The van der Waals surface area contributed by atoms with Gasteiger partial charge in [-0.05, 0) is 50.9 Å². The predicted molar refractivity (Wildman–Crippen MR) is 94.6 cm³/mol. The van der Waals surface area contributed by atoms with Crippen molar-refractivity contribution in [2.75, 3.05) is 26.9 Å². The van der Waals surface area contributed by atoms with Gasteiger partial charge in [0, 0.05) is 36.4 Å². The van der Waals surface area contributed by atoms with E-state index in [1.807, 2.05) is 7.05 Å². The number of anilines is 1. The third-order valence-corrected chi connectivity index (χ3v) is 5.69. The van der Waals surface area contributed by atoms with Crippen molar-refractivity contribution in [1.82, 2.24) is 9.80 Å². The number of amides is 1. The molecule has 0 saturated carbocycles. The lowest BCUT2D eigenvalue weighted by Gasteiger charge is -2.40. The number of rotatable bonds is 4. The lowest BCUT2D eigenvalue weighted by molar-refractivity contribution is -0.126. The molecule has 3 N–H and O–H groups in total. The number of piperidine rings is 1. The van der Waals surface area contributed by atoms with Crippen LogP contribution in [0.4, 0.5) is 5.69 Å². The van der Waals surface area contributed by atoms with E-state index in [9.17, 15) is 4.79 Å². The molecule has 2 saturated heterocycles. The summed E-state index contributed by atoms with van der Waals surface area (Å²) >= 11 is 0. The molecule has 0 aliphatic carbocycles. The van der Waals surface area contributed by atoms with Crippen molar-refractivity contribution in [3.05, 3.63) is 23.8 Å². The summed E-state index contributed by atoms with van der Waals surface area (Å²) < 4.78 is 5.18. The van der Waals surface area contributed by atoms with Gasteiger partial charge >= 0.3 is 0 Å². The molecule has 1 aromatic carbocycles. The number of carbonyl (C=O) groups is 1. The standard InChI is InChI=1S/C18H26N4O2/c1-21-11-4-5-12(21)9-13(8-11)22(2)18(23)17(20)15-10-14(24-3)6-7-16(15)19/h6-7,10-13,20H,4-5,8-9,19H2,1-3H3. The lowest BCUT2D eigenvalue weighted by Crippen LogP contribution is -2.50. The maximum Gasteiger partial charge on any atom is 0.272 e. The molecule has 6 heteroatoms. The molecular formula is C18H26N4O2. The molecule has 1 amide bonds. The molecule has 0 spiro atoms. The molecule has 2 atom stereocenters. The number of nitrogen functional groups attached to an aromatic ring is 1. The molecule has 1 aromatic rings. The predicted octanol–water partition coefficient (Wildman–Crippen LogP) is 1.73. The molecule has 24 heavy (non-hydrogen) atoms. The number of nitrogens with two attached hydrogens (primary N) is 1. The van der Waals surface area contributed by atoms with E-state index in [0.717, 1.165) is 12.8 Å². The molecule has 0 radical (unpaired) electrons. The van der Waals surface area contributed by atoms with E-state index >= 15 is 0 Å². The van der Waals surface area contributed by atoms with Crippen LogP contribution in [0.25, 0.3) is 0 Å². The SMILES string of the molecule is COc1ccc(N)c(C(=N)C(=O)N(C)C2CC3CCC(C2)N3C)c1. The third kappa shape index (κ3) is 2.86. The fraction of sp³-hybridized carbons (Fsp3) is 0.556. The fourth-order valence-corrected chi connectivity index (χ4v) is 4.04. The van der Waals surface area contributed by atoms with E-state index in [-0.39, 0.29) is 17.7 Å². The second-order valence-corrected chi connectivity index (χ2v) is 6.92. The zero-order valence-corrected chi connectivity index (χ0v) is 14.6. The summed E-state index contributed by atoms with van der Waals surface area (Å²) in [5.41, 5.74) is 6.75. The molecule has 2 bridgehead atoms. The van der Waals surface area contributed by atoms with Gasteiger partial charge in [-0.25, -0.2) is 0 Å². The minimum Gasteiger partial charge on any atom is -0.497 e. The van der Waals surface area contributed by atoms with Crippen molar-refractivity contribution in [3.8, 4) is 5.75 Å². The van der Waals surface area contributed by atoms with E-state index in [2.05, 4.69) is 11.9 Å². The Hall–Kier alpha value is -2.08. The second kappa shape index (κ2) is 6.43. The smallest absolute Gasteiger partial charge is 0.272 e. The van der Waals surface area contributed by atoms with Crippen molar-refractivity contribution < 1.29 is 9.53 Å². The first-order valence-corrected chi connectivity index (χ1v) is 8.44. The first kappa shape index (κ1) is 16.8. The zero-order valence-electron chi connectivity index (χ0n) is 14.6. The van der Waals surface area contributed by atoms with Gasteiger partial charge in [-0.1, -0.05) is 0 Å². The minimum atomic E-state index is -0.274. The van der Waals surface area contributed by atoms with Crippen LogP contribution >= 0.6 is 0 Å². The first-order valence-electron chi connectivity index (χ1n) is 8.44. The second-order valence-electron chi connectivity index (χ2n) is 6.92. The summed E-state index contributed by atoms with van der Waals surface area (Å²) in [4.78, 5) is 17.0. The Balaban J connectivity index is 1.75. The fourth-order valence-electron chi connectivity index (χ4n) is 4.04. The van der Waals surface area contributed by atoms with Crippen LogP contribution in [-0.4, -0.2) is 60.7 Å². The molecule has 130 valence electrons. The number of nitrogens with zero attached hydrogens (tertiary/aromatic N) is 2. The summed E-state index contributed by atoms with van der Waals surface area (Å²) in [6.45, 7) is 0. The summed E-state index contributed by atoms with van der Waals surface area (Å²) in [5, 5.41) is 8.32. The van der Waals surface area contributed by atoms with Crippen LogP contribution in [0.5, 0.6) is 5.75 Å². The van der Waals surface area contributed by atoms with Crippen LogP contribution < -0.4 is 10.5 Å². The Labute approximate surface area is 143 Å². The van der Waals surface area contributed by atoms with Crippen molar-refractivity contribution in [3.63, 3.8) is 0 Å². The monoisotopic (exact) mass is 330 g/mol. The number of methoxy groups -OCH3 is 1. The summed E-state index contributed by atoms with van der Waals surface area (Å²) in [6.07, 6.45) is 4.38. The molecule has 0 aromatic heterocycles. The van der Waals surface area contributed by atoms with Gasteiger partial charge in [0.15, 0.2) is 0 Å². The highest BCUT2D eigenvalue weighted by Gasteiger charge is 2.41. The highest BCUT2D eigenvalue weighted by atomic mass is 16.5. The first-order chi connectivity index (χ1) is 11.4. The average Bonchev–Trinajstić information content (AvgIpc) is 2.80. The number of nitrogens with one attached hydrogen (secondary N) is 1. The van der Waals surface area contributed by atoms with Gasteiger partial charge < -0.3 is 20.3 Å². The molecule has 3 rings (SSSR count). The van der Waals surface area contributed by atoms with Gasteiger partial charge in [-0.3, -0.25) is 10.2 Å². The van der Waals surface area contributed by atoms with Crippen molar-refractivity contribution in [2.45, 2.75) is 43.8 Å². The average molecular weight is 330 g/mol. The van der Waals surface area contributed by atoms with Crippen LogP contribution in [0.15, 0.2) is 18.2 Å². The van der Waals surface area contributed by atoms with Crippen LogP contribution in [0.3, 0.4) is 0 Å². The normalized spacial score (nSPS) is 26.2. The van der Waals surface area contributed by atoms with Gasteiger partial charge in [0.1, 0.15) is 11.5 Å². The lowest BCUT2D eigenvalue weighted by atomic mass is 9.96. The van der Waals surface area contributed by atoms with Crippen molar-refractivity contribution >= 4 is 17.3 Å². The summed E-state index contributed by atoms with van der Waals surface area (Å²) in [7, 11) is 5.54. The Bertz CT molecular complexity index is 646. The number of likely N-dealkylation sites (N-methyl/N-ethyl adjacent to an activating group) is 1. The maximum absolute atomic E-state index is 12.8. The van der Waals surface area contributed by atoms with E-state index < -0.39 is 0 Å². The number of hydrogen-bond donors (Lipinski definition) is 2. The van der Waals surface area contributed by atoms with E-state index in [1.54, 1.807) is 30.2 Å². The quantitative estimate of drug-likeness (QED) is 0.650. The van der Waals surface area contributed by atoms with E-state index in [0.29, 0.717) is 29.1 Å². The van der Waals surface area contributed by atoms with Crippen LogP contribution in [0.1, 0.15) is 31.2 Å². The van der Waals surface area contributed by atoms with Crippen molar-refractivity contribution in [2.24, 2.45) is 0 Å². The molecule has 2 fully saturated rings. The molecule has 2 heterocycles. The van der Waals surface area contributed by atoms with Crippen molar-refractivity contribution in [1.29, 1.82) is 5.41 Å². The van der Waals surface area contributed by atoms with Gasteiger partial charge in [0.2, 0.25) is 0 Å². The van der Waals surface area contributed by atoms with Gasteiger partial charge in [0.25, 0.3) is 5.91 Å². The summed E-state index contributed by atoms with van der Waals surface area (Å²) in [5.74, 6) is 0.320. The Kier molecular flexibility index (Phi) is 4.49.